The van der Waals surface area contributed by atoms with Gasteiger partial charge in [0.05, 0.1) is 9.31 Å². The van der Waals surface area contributed by atoms with Crippen LogP contribution in [0.15, 0.2) is 8.42 Å². The van der Waals surface area contributed by atoms with Crippen LogP contribution < -0.4 is 0 Å². The lowest BCUT2D eigenvalue weighted by Crippen LogP contribution is -2.13. The lowest BCUT2D eigenvalue weighted by molar-refractivity contribution is -0.114. The molecule has 0 radical (unpaired) electrons. The first kappa shape index (κ1) is 14.1. The van der Waals surface area contributed by atoms with E-state index in [9.17, 15) is 4.79 Å². The molecule has 0 N–H and O–H groups in total. The van der Waals surface area contributed by atoms with E-state index in [1.54, 1.807) is 0 Å². The average Bonchev–Trinajstić information content (AvgIpc) is 2.11. The third-order valence-electron chi connectivity index (χ3n) is 1.48. The van der Waals surface area contributed by atoms with Crippen molar-refractivity contribution in [1.29, 1.82) is 0 Å². The van der Waals surface area contributed by atoms with Gasteiger partial charge in [-0.3, -0.25) is 4.79 Å². The second-order valence-electron chi connectivity index (χ2n) is 2.55. The van der Waals surface area contributed by atoms with Crippen LogP contribution in [0.5, 0.6) is 0 Å². The molecule has 0 aliphatic rings. The van der Waals surface area contributed by atoms with Crippen molar-refractivity contribution >= 4 is 65.2 Å². The van der Waals surface area contributed by atoms with Gasteiger partial charge in [-0.1, -0.05) is 47.3 Å². The molecule has 1 unspecified atom stereocenters. The maximum atomic E-state index is 11.5. The van der Waals surface area contributed by atoms with Crippen molar-refractivity contribution < 1.29 is 4.79 Å². The van der Waals surface area contributed by atoms with Crippen molar-refractivity contribution in [2.45, 2.75) is 31.0 Å². The van der Waals surface area contributed by atoms with Gasteiger partial charge in [0.15, 0.2) is 5.78 Å². The Balaban J connectivity index is 4.19. The Hall–Kier alpha value is 1.14. The number of alkyl halides is 1. The summed E-state index contributed by atoms with van der Waals surface area (Å²) >= 11 is 15.1. The first-order valence-corrected chi connectivity index (χ1v) is 6.77. The number of ketones is 1. The summed E-state index contributed by atoms with van der Waals surface area (Å²) in [7, 11) is 0. The summed E-state index contributed by atoms with van der Waals surface area (Å²) in [6.07, 6.45) is 2.95. The van der Waals surface area contributed by atoms with Crippen LogP contribution in [0.2, 0.25) is 0 Å². The Morgan fingerprint density at radius 1 is 1.46 bits per heavy atom. The van der Waals surface area contributed by atoms with Crippen LogP contribution in [0.4, 0.5) is 0 Å². The third-order valence-corrected chi connectivity index (χ3v) is 4.48. The Morgan fingerprint density at radius 2 is 2.00 bits per heavy atom. The fraction of sp³-hybridized carbons (Fsp3) is 0.625. The van der Waals surface area contributed by atoms with Crippen LogP contribution in [-0.2, 0) is 4.79 Å². The third kappa shape index (κ3) is 5.55. The van der Waals surface area contributed by atoms with Crippen molar-refractivity contribution in [2.75, 3.05) is 0 Å². The van der Waals surface area contributed by atoms with Crippen LogP contribution in [0.3, 0.4) is 0 Å². The Kier molecular flexibility index (Phi) is 8.09. The van der Waals surface area contributed by atoms with E-state index < -0.39 is 0 Å². The number of carbonyl (C=O) groups is 1. The van der Waals surface area contributed by atoms with Gasteiger partial charge >= 0.3 is 0 Å². The van der Waals surface area contributed by atoms with E-state index >= 15 is 0 Å². The van der Waals surface area contributed by atoms with Crippen LogP contribution in [0.1, 0.15) is 26.2 Å². The lowest BCUT2D eigenvalue weighted by atomic mass is 10.1. The number of Topliss-reactive ketones (excluding diaryl/α,β-unsaturated/α-hetero) is 1. The zero-order valence-electron chi connectivity index (χ0n) is 7.12. The highest BCUT2D eigenvalue weighted by Gasteiger charge is 2.18. The molecule has 5 heteroatoms. The van der Waals surface area contributed by atoms with Crippen molar-refractivity contribution in [3.05, 3.63) is 8.42 Å². The van der Waals surface area contributed by atoms with Crippen LogP contribution in [0.25, 0.3) is 0 Å². The fourth-order valence-corrected chi connectivity index (χ4v) is 2.17. The van der Waals surface area contributed by atoms with Gasteiger partial charge in [0, 0.05) is 0 Å². The first-order chi connectivity index (χ1) is 6.00. The summed E-state index contributed by atoms with van der Waals surface area (Å²) in [5, 5.41) is 0. The minimum Gasteiger partial charge on any atom is -0.292 e. The summed E-state index contributed by atoms with van der Waals surface area (Å²) in [6.45, 7) is 2.09. The van der Waals surface area contributed by atoms with Crippen molar-refractivity contribution in [3.8, 4) is 0 Å². The Labute approximate surface area is 109 Å². The van der Waals surface area contributed by atoms with E-state index in [1.165, 1.54) is 0 Å². The highest BCUT2D eigenvalue weighted by molar-refractivity contribution is 9.15. The second kappa shape index (κ2) is 7.43. The number of rotatable bonds is 5. The van der Waals surface area contributed by atoms with Gasteiger partial charge < -0.3 is 0 Å². The fourth-order valence-electron chi connectivity index (χ4n) is 0.745. The van der Waals surface area contributed by atoms with E-state index in [-0.39, 0.29) is 10.6 Å². The number of hydrogen-bond acceptors (Lipinski definition) is 1. The molecular formula is C8H10Br3ClO. The molecule has 1 nitrogen and oxygen atoms in total. The minimum absolute atomic E-state index is 0.0182. The number of carbonyl (C=O) groups excluding carboxylic acids is 1. The topological polar surface area (TPSA) is 17.1 Å². The number of allylic oxidation sites excluding steroid dienone is 1. The predicted octanol–water partition coefficient (Wildman–Crippen LogP) is 4.71. The van der Waals surface area contributed by atoms with E-state index in [0.29, 0.717) is 8.42 Å². The number of halogens is 4. The maximum Gasteiger partial charge on any atom is 0.185 e. The molecule has 0 spiro atoms. The Bertz CT molecular complexity index is 211. The molecule has 13 heavy (non-hydrogen) atoms. The summed E-state index contributed by atoms with van der Waals surface area (Å²) in [5.74, 6) is -0.0182. The molecule has 0 amide bonds. The molecule has 0 heterocycles. The van der Waals surface area contributed by atoms with Gasteiger partial charge in [0.25, 0.3) is 0 Å². The molecule has 0 aliphatic heterocycles. The summed E-state index contributed by atoms with van der Waals surface area (Å²) in [6, 6.07) is 0. The SMILES string of the molecule is CCCCC(Br)C(=O)/C(Br)=C(/Cl)Br. The van der Waals surface area contributed by atoms with Gasteiger partial charge in [-0.2, -0.15) is 0 Å². The second-order valence-corrected chi connectivity index (χ2v) is 6.07. The molecule has 0 saturated carbocycles. The van der Waals surface area contributed by atoms with Gasteiger partial charge in [-0.25, -0.2) is 0 Å². The zero-order chi connectivity index (χ0) is 10.4. The number of unbranched alkanes of at least 4 members (excludes halogenated alkanes) is 1. The molecule has 0 aromatic heterocycles. The summed E-state index contributed by atoms with van der Waals surface area (Å²) < 4.78 is 0.714. The predicted molar refractivity (Wildman–Crippen MR) is 68.0 cm³/mol. The van der Waals surface area contributed by atoms with E-state index in [1.807, 2.05) is 0 Å². The minimum atomic E-state index is -0.145. The normalized spacial score (nSPS) is 15.2. The van der Waals surface area contributed by atoms with E-state index in [0.717, 1.165) is 19.3 Å². The van der Waals surface area contributed by atoms with E-state index in [4.69, 9.17) is 11.6 Å². The average molecular weight is 397 g/mol. The Morgan fingerprint density at radius 3 is 2.38 bits per heavy atom. The monoisotopic (exact) mass is 394 g/mol. The molecular weight excluding hydrogens is 387 g/mol. The van der Waals surface area contributed by atoms with Gasteiger partial charge in [-0.15, -0.1) is 0 Å². The molecule has 0 aromatic carbocycles. The quantitative estimate of drug-likeness (QED) is 0.485. The summed E-state index contributed by atoms with van der Waals surface area (Å²) in [5.41, 5.74) is 0. The van der Waals surface area contributed by atoms with E-state index in [2.05, 4.69) is 54.7 Å². The lowest BCUT2D eigenvalue weighted by Gasteiger charge is -2.06. The largest absolute Gasteiger partial charge is 0.292 e. The van der Waals surface area contributed by atoms with Crippen LogP contribution in [-0.4, -0.2) is 10.6 Å². The van der Waals surface area contributed by atoms with Crippen LogP contribution in [0, 0.1) is 0 Å². The number of hydrogen-bond donors (Lipinski definition) is 0. The standard InChI is InChI=1S/C8H10Br3ClO/c1-2-3-4-5(9)7(13)6(10)8(11)12/h5H,2-4H2,1H3/b8-6-. The molecule has 0 bridgehead atoms. The van der Waals surface area contributed by atoms with Crippen molar-refractivity contribution in [2.24, 2.45) is 0 Å². The van der Waals surface area contributed by atoms with Gasteiger partial charge in [0.2, 0.25) is 0 Å². The highest BCUT2D eigenvalue weighted by Crippen LogP contribution is 2.26. The molecule has 0 saturated heterocycles. The smallest absolute Gasteiger partial charge is 0.185 e. The van der Waals surface area contributed by atoms with Gasteiger partial charge in [-0.05, 0) is 38.3 Å². The van der Waals surface area contributed by atoms with Crippen molar-refractivity contribution in [1.82, 2.24) is 0 Å². The summed E-state index contributed by atoms with van der Waals surface area (Å²) in [4.78, 5) is 11.4. The van der Waals surface area contributed by atoms with Gasteiger partial charge in [0.1, 0.15) is 3.94 Å². The molecule has 0 rings (SSSR count). The highest BCUT2D eigenvalue weighted by atomic mass is 79.9. The zero-order valence-corrected chi connectivity index (χ0v) is 12.6. The molecule has 0 fully saturated rings. The maximum absolute atomic E-state index is 11.5. The first-order valence-electron chi connectivity index (χ1n) is 3.89. The molecule has 1 atom stereocenters. The molecule has 0 aliphatic carbocycles. The molecule has 0 aromatic rings. The van der Waals surface area contributed by atoms with Crippen LogP contribution >= 0.6 is 59.4 Å². The molecule has 76 valence electrons. The van der Waals surface area contributed by atoms with Crippen molar-refractivity contribution in [3.63, 3.8) is 0 Å².